The van der Waals surface area contributed by atoms with Gasteiger partial charge in [0.15, 0.2) is 5.79 Å². The van der Waals surface area contributed by atoms with Gasteiger partial charge < -0.3 is 14.2 Å². The fourth-order valence-electron chi connectivity index (χ4n) is 5.47. The highest BCUT2D eigenvalue weighted by Crippen LogP contribution is 2.46. The van der Waals surface area contributed by atoms with E-state index in [0.717, 1.165) is 38.5 Å². The van der Waals surface area contributed by atoms with Crippen LogP contribution in [-0.4, -0.2) is 30.6 Å². The van der Waals surface area contributed by atoms with Gasteiger partial charge in [0.25, 0.3) is 0 Å². The highest BCUT2D eigenvalue weighted by Gasteiger charge is 2.50. The molecule has 0 bridgehead atoms. The van der Waals surface area contributed by atoms with Gasteiger partial charge in [0.2, 0.25) is 0 Å². The van der Waals surface area contributed by atoms with E-state index in [4.69, 9.17) is 14.2 Å². The van der Waals surface area contributed by atoms with Gasteiger partial charge in [0.1, 0.15) is 0 Å². The second-order valence-electron chi connectivity index (χ2n) is 11.4. The van der Waals surface area contributed by atoms with E-state index in [1.54, 1.807) is 0 Å². The standard InChI is InChI=1S/C24H42O4/c1-17(2)23(6,16-22(3,4)5)21(25)26-15-18-10-11-19-20(14-18)28-24(27-19)12-8-7-9-13-24/h17-20H,7-16H2,1-6H3. The number of carbonyl (C=O) groups excluding carboxylic acids is 1. The maximum atomic E-state index is 13.0. The molecule has 0 radical (unpaired) electrons. The molecule has 3 rings (SSSR count). The van der Waals surface area contributed by atoms with Crippen molar-refractivity contribution >= 4 is 5.97 Å². The highest BCUT2D eigenvalue weighted by atomic mass is 16.8. The molecule has 2 aliphatic carbocycles. The second-order valence-corrected chi connectivity index (χ2v) is 11.4. The summed E-state index contributed by atoms with van der Waals surface area (Å²) >= 11 is 0. The number of hydrogen-bond acceptors (Lipinski definition) is 4. The summed E-state index contributed by atoms with van der Waals surface area (Å²) in [6.07, 6.45) is 10.1. The van der Waals surface area contributed by atoms with Crippen LogP contribution in [0.3, 0.4) is 0 Å². The quantitative estimate of drug-likeness (QED) is 0.547. The van der Waals surface area contributed by atoms with Crippen molar-refractivity contribution < 1.29 is 19.0 Å². The van der Waals surface area contributed by atoms with Crippen LogP contribution in [0.15, 0.2) is 0 Å². The van der Waals surface area contributed by atoms with Crippen molar-refractivity contribution in [3.63, 3.8) is 0 Å². The zero-order valence-electron chi connectivity index (χ0n) is 19.0. The first-order valence-electron chi connectivity index (χ1n) is 11.6. The van der Waals surface area contributed by atoms with Crippen LogP contribution in [0.1, 0.15) is 99.3 Å². The summed E-state index contributed by atoms with van der Waals surface area (Å²) in [5.41, 5.74) is -0.339. The lowest BCUT2D eigenvalue weighted by molar-refractivity contribution is -0.193. The third-order valence-electron chi connectivity index (χ3n) is 7.28. The Morgan fingerprint density at radius 3 is 2.29 bits per heavy atom. The predicted molar refractivity (Wildman–Crippen MR) is 111 cm³/mol. The van der Waals surface area contributed by atoms with Crippen LogP contribution in [0.4, 0.5) is 0 Å². The lowest BCUT2D eigenvalue weighted by Crippen LogP contribution is -2.40. The van der Waals surface area contributed by atoms with Gasteiger partial charge in [0.05, 0.1) is 24.2 Å². The van der Waals surface area contributed by atoms with E-state index in [9.17, 15) is 4.79 Å². The van der Waals surface area contributed by atoms with E-state index < -0.39 is 5.41 Å². The Morgan fingerprint density at radius 2 is 1.68 bits per heavy atom. The van der Waals surface area contributed by atoms with Gasteiger partial charge in [-0.25, -0.2) is 0 Å². The van der Waals surface area contributed by atoms with Crippen LogP contribution in [0, 0.1) is 22.7 Å². The van der Waals surface area contributed by atoms with Crippen LogP contribution >= 0.6 is 0 Å². The fraction of sp³-hybridized carbons (Fsp3) is 0.958. The topological polar surface area (TPSA) is 44.8 Å². The molecule has 0 aromatic rings. The predicted octanol–water partition coefficient (Wildman–Crippen LogP) is 5.87. The summed E-state index contributed by atoms with van der Waals surface area (Å²) in [5, 5.41) is 0. The largest absolute Gasteiger partial charge is 0.465 e. The molecular formula is C24H42O4. The molecule has 3 fully saturated rings. The molecule has 4 unspecified atom stereocenters. The lowest BCUT2D eigenvalue weighted by atomic mass is 9.69. The van der Waals surface area contributed by atoms with Crippen molar-refractivity contribution in [1.82, 2.24) is 0 Å². The van der Waals surface area contributed by atoms with E-state index in [1.807, 2.05) is 0 Å². The number of hydrogen-bond donors (Lipinski definition) is 0. The molecule has 1 saturated heterocycles. The third kappa shape index (κ3) is 4.92. The molecule has 0 N–H and O–H groups in total. The summed E-state index contributed by atoms with van der Waals surface area (Å²) < 4.78 is 18.7. The molecule has 3 aliphatic rings. The highest BCUT2D eigenvalue weighted by molar-refractivity contribution is 5.76. The minimum absolute atomic E-state index is 0.0353. The average molecular weight is 395 g/mol. The number of rotatable bonds is 5. The minimum atomic E-state index is -0.436. The van der Waals surface area contributed by atoms with Crippen LogP contribution in [0.25, 0.3) is 0 Å². The molecular weight excluding hydrogens is 352 g/mol. The van der Waals surface area contributed by atoms with Crippen molar-refractivity contribution in [3.05, 3.63) is 0 Å². The SMILES string of the molecule is CC(C)C(C)(CC(C)(C)C)C(=O)OCC1CCC2OC3(CCCCC3)OC2C1. The maximum Gasteiger partial charge on any atom is 0.312 e. The Balaban J connectivity index is 1.53. The van der Waals surface area contributed by atoms with Crippen LogP contribution in [-0.2, 0) is 19.0 Å². The van der Waals surface area contributed by atoms with E-state index >= 15 is 0 Å². The average Bonchev–Trinajstić information content (AvgIpc) is 2.94. The van der Waals surface area contributed by atoms with Crippen molar-refractivity contribution in [3.8, 4) is 0 Å². The summed E-state index contributed by atoms with van der Waals surface area (Å²) in [6, 6.07) is 0. The van der Waals surface area contributed by atoms with Crippen molar-refractivity contribution in [2.24, 2.45) is 22.7 Å². The van der Waals surface area contributed by atoms with Crippen LogP contribution in [0.2, 0.25) is 0 Å². The summed E-state index contributed by atoms with van der Waals surface area (Å²) in [6.45, 7) is 13.4. The van der Waals surface area contributed by atoms with Crippen LogP contribution in [0.5, 0.6) is 0 Å². The molecule has 28 heavy (non-hydrogen) atoms. The number of ether oxygens (including phenoxy) is 3. The molecule has 4 atom stereocenters. The second kappa shape index (κ2) is 8.26. The van der Waals surface area contributed by atoms with Crippen molar-refractivity contribution in [2.45, 2.75) is 117 Å². The fourth-order valence-corrected chi connectivity index (χ4v) is 5.47. The summed E-state index contributed by atoms with van der Waals surface area (Å²) in [7, 11) is 0. The first-order valence-corrected chi connectivity index (χ1v) is 11.6. The molecule has 162 valence electrons. The van der Waals surface area contributed by atoms with Gasteiger partial charge in [0, 0.05) is 12.8 Å². The van der Waals surface area contributed by atoms with E-state index in [-0.39, 0.29) is 35.3 Å². The van der Waals surface area contributed by atoms with E-state index in [1.165, 1.54) is 19.3 Å². The molecule has 0 amide bonds. The Bertz CT molecular complexity index is 543. The normalized spacial score (nSPS) is 32.2. The molecule has 0 aromatic heterocycles. The number of carbonyl (C=O) groups is 1. The molecule has 1 spiro atoms. The van der Waals surface area contributed by atoms with Gasteiger partial charge in [-0.1, -0.05) is 41.0 Å². The van der Waals surface area contributed by atoms with Crippen LogP contribution < -0.4 is 0 Å². The van der Waals surface area contributed by atoms with Gasteiger partial charge in [-0.3, -0.25) is 4.79 Å². The lowest BCUT2D eigenvalue weighted by Gasteiger charge is -2.37. The van der Waals surface area contributed by atoms with Gasteiger partial charge in [-0.15, -0.1) is 0 Å². The van der Waals surface area contributed by atoms with Gasteiger partial charge in [-0.05, 0) is 62.7 Å². The van der Waals surface area contributed by atoms with E-state index in [2.05, 4.69) is 41.5 Å². The first kappa shape index (κ1) is 22.1. The minimum Gasteiger partial charge on any atom is -0.465 e. The van der Waals surface area contributed by atoms with Gasteiger partial charge >= 0.3 is 5.97 Å². The maximum absolute atomic E-state index is 13.0. The van der Waals surface area contributed by atoms with E-state index in [0.29, 0.717) is 12.5 Å². The molecule has 0 aromatic carbocycles. The molecule has 4 heteroatoms. The molecule has 1 heterocycles. The zero-order valence-corrected chi connectivity index (χ0v) is 19.0. The number of fused-ring (bicyclic) bond motifs is 1. The van der Waals surface area contributed by atoms with Gasteiger partial charge in [-0.2, -0.15) is 0 Å². The Hall–Kier alpha value is -0.610. The van der Waals surface area contributed by atoms with Crippen molar-refractivity contribution in [2.75, 3.05) is 6.61 Å². The Morgan fingerprint density at radius 1 is 1.04 bits per heavy atom. The summed E-state index contributed by atoms with van der Waals surface area (Å²) in [4.78, 5) is 13.0. The molecule has 4 nitrogen and oxygen atoms in total. The monoisotopic (exact) mass is 394 g/mol. The third-order valence-corrected chi connectivity index (χ3v) is 7.28. The Labute approximate surface area is 172 Å². The molecule has 2 saturated carbocycles. The van der Waals surface area contributed by atoms with Crippen molar-refractivity contribution in [1.29, 1.82) is 0 Å². The zero-order chi connectivity index (χ0) is 20.6. The smallest absolute Gasteiger partial charge is 0.312 e. The molecule has 1 aliphatic heterocycles. The summed E-state index contributed by atoms with van der Waals surface area (Å²) in [5.74, 6) is 0.306. The Kier molecular flexibility index (Phi) is 6.51. The first-order chi connectivity index (χ1) is 13.0. The number of esters is 1.